The number of carbonyl (C=O) groups is 2. The van der Waals surface area contributed by atoms with Crippen LogP contribution in [0.3, 0.4) is 0 Å². The third kappa shape index (κ3) is 3.87. The number of hydrogen-bond acceptors (Lipinski definition) is 4. The SMILES string of the molecule is COc1ccc(C(=O)NNC(=O)c2ccc(-c3ccccc3)o2)cc1. The molecule has 0 saturated carbocycles. The molecule has 0 spiro atoms. The van der Waals surface area contributed by atoms with Crippen LogP contribution in [0.1, 0.15) is 20.9 Å². The van der Waals surface area contributed by atoms with Crippen LogP contribution in [0, 0.1) is 0 Å². The largest absolute Gasteiger partial charge is 0.497 e. The van der Waals surface area contributed by atoms with Gasteiger partial charge in [0.25, 0.3) is 5.91 Å². The smallest absolute Gasteiger partial charge is 0.305 e. The number of rotatable bonds is 4. The molecule has 0 aliphatic rings. The third-order valence-corrected chi connectivity index (χ3v) is 3.53. The Balaban J connectivity index is 1.60. The van der Waals surface area contributed by atoms with Gasteiger partial charge in [-0.05, 0) is 36.4 Å². The maximum Gasteiger partial charge on any atom is 0.305 e. The fourth-order valence-corrected chi connectivity index (χ4v) is 2.21. The zero-order chi connectivity index (χ0) is 17.6. The van der Waals surface area contributed by atoms with E-state index in [-0.39, 0.29) is 5.76 Å². The van der Waals surface area contributed by atoms with Crippen LogP contribution >= 0.6 is 0 Å². The monoisotopic (exact) mass is 336 g/mol. The number of hydrazine groups is 1. The first kappa shape index (κ1) is 16.3. The van der Waals surface area contributed by atoms with Crippen LogP contribution in [0.4, 0.5) is 0 Å². The van der Waals surface area contributed by atoms with Crippen molar-refractivity contribution in [2.75, 3.05) is 7.11 Å². The highest BCUT2D eigenvalue weighted by molar-refractivity contribution is 5.98. The van der Waals surface area contributed by atoms with Crippen molar-refractivity contribution in [1.82, 2.24) is 10.9 Å². The first-order valence-corrected chi connectivity index (χ1v) is 7.57. The second kappa shape index (κ2) is 7.35. The van der Waals surface area contributed by atoms with E-state index in [9.17, 15) is 9.59 Å². The van der Waals surface area contributed by atoms with Gasteiger partial charge < -0.3 is 9.15 Å². The van der Waals surface area contributed by atoms with E-state index in [0.29, 0.717) is 17.1 Å². The maximum atomic E-state index is 12.1. The molecule has 0 unspecified atom stereocenters. The maximum absolute atomic E-state index is 12.1. The van der Waals surface area contributed by atoms with Crippen molar-refractivity contribution < 1.29 is 18.7 Å². The molecule has 0 aliphatic heterocycles. The van der Waals surface area contributed by atoms with Gasteiger partial charge in [0, 0.05) is 11.1 Å². The Bertz CT molecular complexity index is 870. The Morgan fingerprint density at radius 3 is 2.20 bits per heavy atom. The van der Waals surface area contributed by atoms with E-state index in [4.69, 9.17) is 9.15 Å². The van der Waals surface area contributed by atoms with Crippen LogP contribution in [-0.2, 0) is 0 Å². The van der Waals surface area contributed by atoms with E-state index >= 15 is 0 Å². The molecule has 2 amide bonds. The summed E-state index contributed by atoms with van der Waals surface area (Å²) in [5.41, 5.74) is 5.93. The summed E-state index contributed by atoms with van der Waals surface area (Å²) in [6.45, 7) is 0. The molecule has 0 fully saturated rings. The van der Waals surface area contributed by atoms with Crippen LogP contribution < -0.4 is 15.6 Å². The molecule has 1 aromatic heterocycles. The van der Waals surface area contributed by atoms with E-state index in [1.165, 1.54) is 0 Å². The predicted molar refractivity (Wildman–Crippen MR) is 92.1 cm³/mol. The number of methoxy groups -OCH3 is 1. The van der Waals surface area contributed by atoms with Gasteiger partial charge in [0.2, 0.25) is 0 Å². The lowest BCUT2D eigenvalue weighted by Crippen LogP contribution is -2.41. The molecule has 3 rings (SSSR count). The molecule has 2 aromatic carbocycles. The Morgan fingerprint density at radius 1 is 0.840 bits per heavy atom. The molecule has 0 bridgehead atoms. The molecule has 3 aromatic rings. The van der Waals surface area contributed by atoms with Gasteiger partial charge in [-0.25, -0.2) is 0 Å². The number of amides is 2. The molecule has 0 radical (unpaired) electrons. The second-order valence-corrected chi connectivity index (χ2v) is 5.17. The lowest BCUT2D eigenvalue weighted by Gasteiger charge is -2.06. The van der Waals surface area contributed by atoms with Gasteiger partial charge in [-0.15, -0.1) is 0 Å². The third-order valence-electron chi connectivity index (χ3n) is 3.53. The van der Waals surface area contributed by atoms with Crippen LogP contribution in [0.15, 0.2) is 71.1 Å². The van der Waals surface area contributed by atoms with Gasteiger partial charge in [-0.2, -0.15) is 0 Å². The predicted octanol–water partition coefficient (Wildman–Crippen LogP) is 3.03. The molecule has 25 heavy (non-hydrogen) atoms. The van der Waals surface area contributed by atoms with Gasteiger partial charge in [-0.3, -0.25) is 20.4 Å². The van der Waals surface area contributed by atoms with E-state index < -0.39 is 11.8 Å². The van der Waals surface area contributed by atoms with Gasteiger partial charge in [0.15, 0.2) is 5.76 Å². The summed E-state index contributed by atoms with van der Waals surface area (Å²) in [6.07, 6.45) is 0. The average molecular weight is 336 g/mol. The Labute approximate surface area is 144 Å². The lowest BCUT2D eigenvalue weighted by atomic mass is 10.2. The van der Waals surface area contributed by atoms with Crippen molar-refractivity contribution >= 4 is 11.8 Å². The minimum absolute atomic E-state index is 0.105. The van der Waals surface area contributed by atoms with E-state index in [2.05, 4.69) is 10.9 Å². The highest BCUT2D eigenvalue weighted by Crippen LogP contribution is 2.21. The summed E-state index contributed by atoms with van der Waals surface area (Å²) in [6, 6.07) is 19.2. The van der Waals surface area contributed by atoms with Crippen LogP contribution in [0.5, 0.6) is 5.75 Å². The first-order chi connectivity index (χ1) is 12.2. The highest BCUT2D eigenvalue weighted by Gasteiger charge is 2.13. The number of ether oxygens (including phenoxy) is 1. The number of benzene rings is 2. The quantitative estimate of drug-likeness (QED) is 0.718. The zero-order valence-electron chi connectivity index (χ0n) is 13.5. The summed E-state index contributed by atoms with van der Waals surface area (Å²) in [5, 5.41) is 0. The van der Waals surface area contributed by atoms with Gasteiger partial charge >= 0.3 is 5.91 Å². The van der Waals surface area contributed by atoms with Crippen molar-refractivity contribution in [3.8, 4) is 17.1 Å². The molecular weight excluding hydrogens is 320 g/mol. The summed E-state index contributed by atoms with van der Waals surface area (Å²) >= 11 is 0. The summed E-state index contributed by atoms with van der Waals surface area (Å²) in [7, 11) is 1.54. The minimum Gasteiger partial charge on any atom is -0.497 e. The number of carbonyl (C=O) groups excluding carboxylic acids is 2. The van der Waals surface area contributed by atoms with Gasteiger partial charge in [0.1, 0.15) is 11.5 Å². The standard InChI is InChI=1S/C19H16N2O4/c1-24-15-9-7-14(8-10-15)18(22)20-21-19(23)17-12-11-16(25-17)13-5-3-2-4-6-13/h2-12H,1H3,(H,20,22)(H,21,23). The molecule has 1 heterocycles. The van der Waals surface area contributed by atoms with Gasteiger partial charge in [-0.1, -0.05) is 30.3 Å². The van der Waals surface area contributed by atoms with E-state index in [1.54, 1.807) is 43.5 Å². The summed E-state index contributed by atoms with van der Waals surface area (Å²) in [5.74, 6) is 0.348. The zero-order valence-corrected chi connectivity index (χ0v) is 13.5. The molecule has 126 valence electrons. The van der Waals surface area contributed by atoms with Crippen LogP contribution in [0.2, 0.25) is 0 Å². The molecule has 2 N–H and O–H groups in total. The average Bonchev–Trinajstić information content (AvgIpc) is 3.17. The second-order valence-electron chi connectivity index (χ2n) is 5.17. The highest BCUT2D eigenvalue weighted by atomic mass is 16.5. The molecule has 0 saturated heterocycles. The summed E-state index contributed by atoms with van der Waals surface area (Å²) in [4.78, 5) is 24.1. The van der Waals surface area contributed by atoms with Crippen molar-refractivity contribution in [2.45, 2.75) is 0 Å². The Kier molecular flexibility index (Phi) is 4.80. The number of nitrogens with one attached hydrogen (secondary N) is 2. The number of furan rings is 1. The van der Waals surface area contributed by atoms with Crippen LogP contribution in [0.25, 0.3) is 11.3 Å². The summed E-state index contributed by atoms with van der Waals surface area (Å²) < 4.78 is 10.5. The van der Waals surface area contributed by atoms with Gasteiger partial charge in [0.05, 0.1) is 7.11 Å². The Hall–Kier alpha value is -3.54. The van der Waals surface area contributed by atoms with E-state index in [0.717, 1.165) is 5.56 Å². The molecular formula is C19H16N2O4. The molecule has 6 heteroatoms. The topological polar surface area (TPSA) is 80.6 Å². The molecule has 0 aliphatic carbocycles. The van der Waals surface area contributed by atoms with Crippen molar-refractivity contribution in [3.63, 3.8) is 0 Å². The van der Waals surface area contributed by atoms with Crippen molar-refractivity contribution in [3.05, 3.63) is 78.1 Å². The van der Waals surface area contributed by atoms with Crippen LogP contribution in [-0.4, -0.2) is 18.9 Å². The molecule has 6 nitrogen and oxygen atoms in total. The van der Waals surface area contributed by atoms with E-state index in [1.807, 2.05) is 30.3 Å². The molecule has 0 atom stereocenters. The Morgan fingerprint density at radius 2 is 1.52 bits per heavy atom. The fourth-order valence-electron chi connectivity index (χ4n) is 2.21. The normalized spacial score (nSPS) is 10.1. The van der Waals surface area contributed by atoms with Crippen molar-refractivity contribution in [2.24, 2.45) is 0 Å². The fraction of sp³-hybridized carbons (Fsp3) is 0.0526. The van der Waals surface area contributed by atoms with Crippen molar-refractivity contribution in [1.29, 1.82) is 0 Å². The lowest BCUT2D eigenvalue weighted by molar-refractivity contribution is 0.0831. The first-order valence-electron chi connectivity index (χ1n) is 7.57. The number of hydrogen-bond donors (Lipinski definition) is 2. The minimum atomic E-state index is -0.538.